The van der Waals surface area contributed by atoms with E-state index < -0.39 is 23.9 Å². The summed E-state index contributed by atoms with van der Waals surface area (Å²) in [4.78, 5) is 41.4. The molecule has 0 aromatic carbocycles. The van der Waals surface area contributed by atoms with Gasteiger partial charge < -0.3 is 9.47 Å². The minimum absolute atomic E-state index is 0. The van der Waals surface area contributed by atoms with Crippen LogP contribution in [0.3, 0.4) is 0 Å². The third-order valence-electron chi connectivity index (χ3n) is 1.61. The Morgan fingerprint density at radius 3 is 0.842 bits per heavy atom. The number of rotatable bonds is 4. The molecule has 6 nitrogen and oxygen atoms in total. The van der Waals surface area contributed by atoms with Gasteiger partial charge in [0.2, 0.25) is 0 Å². The molecule has 104 valence electrons. The Hall–Kier alpha value is -0.460. The average Bonchev–Trinajstić information content (AvgIpc) is 2.38. The number of carbonyl (C=O) groups is 4. The van der Waals surface area contributed by atoms with E-state index in [1.165, 1.54) is 0 Å². The molecule has 0 aromatic rings. The zero-order valence-electron chi connectivity index (χ0n) is 12.0. The van der Waals surface area contributed by atoms with Gasteiger partial charge in [-0.25, -0.2) is 0 Å². The summed E-state index contributed by atoms with van der Waals surface area (Å²) in [6.45, 7) is 6.58. The van der Waals surface area contributed by atoms with Crippen LogP contribution in [0, 0.1) is 0 Å². The van der Waals surface area contributed by atoms with Crippen LogP contribution in [0.5, 0.6) is 0 Å². The Bertz CT molecular complexity index is 243. The molecule has 0 fully saturated rings. The van der Waals surface area contributed by atoms with Crippen molar-refractivity contribution in [3.8, 4) is 0 Å². The molecule has 0 aliphatic heterocycles. The third-order valence-corrected chi connectivity index (χ3v) is 1.61. The Morgan fingerprint density at radius 1 is 0.579 bits per heavy atom. The van der Waals surface area contributed by atoms with Crippen molar-refractivity contribution in [3.05, 3.63) is 0 Å². The topological polar surface area (TPSA) is 86.7 Å². The second-order valence-corrected chi connectivity index (χ2v) is 3.11. The van der Waals surface area contributed by atoms with Crippen LogP contribution < -0.4 is 0 Å². The van der Waals surface area contributed by atoms with Gasteiger partial charge in [0.05, 0.1) is 0 Å². The fourth-order valence-corrected chi connectivity index (χ4v) is 0.543. The number of esters is 4. The number of hydrogen-bond acceptors (Lipinski definition) is 6. The molecule has 0 bridgehead atoms. The molecule has 0 radical (unpaired) electrons. The van der Waals surface area contributed by atoms with Gasteiger partial charge in [-0.1, -0.05) is 27.7 Å². The van der Waals surface area contributed by atoms with E-state index in [-0.39, 0.29) is 63.4 Å². The maximum Gasteiger partial charge on any atom is 2.00 e. The van der Waals surface area contributed by atoms with Crippen LogP contribution in [-0.2, 0) is 28.7 Å². The number of hydrogen-bond donors (Lipinski definition) is 0. The fraction of sp³-hybridized carbons (Fsp3) is 0.667. The van der Waals surface area contributed by atoms with Gasteiger partial charge in [-0.05, 0) is 0 Å². The van der Waals surface area contributed by atoms with Crippen LogP contribution in [-0.4, -0.2) is 61.6 Å². The van der Waals surface area contributed by atoms with Crippen molar-refractivity contribution in [3.63, 3.8) is 0 Å². The van der Waals surface area contributed by atoms with Gasteiger partial charge in [0.25, 0.3) is 0 Å². The van der Waals surface area contributed by atoms with Crippen LogP contribution in [0.4, 0.5) is 0 Å². The van der Waals surface area contributed by atoms with Gasteiger partial charge in [0.1, 0.15) is 0 Å². The Morgan fingerprint density at radius 2 is 0.737 bits per heavy atom. The van der Waals surface area contributed by atoms with Crippen molar-refractivity contribution in [2.24, 2.45) is 0 Å². The summed E-state index contributed by atoms with van der Waals surface area (Å²) in [5.74, 6) is -1.83. The molecule has 0 N–H and O–H groups in total. The summed E-state index contributed by atoms with van der Waals surface area (Å²) >= 11 is 0. The average molecular weight is 300 g/mol. The fourth-order valence-electron chi connectivity index (χ4n) is 0.543. The van der Waals surface area contributed by atoms with E-state index in [4.69, 9.17) is 0 Å². The SMILES string of the molecule is CCC(=O)OC(=O)CC.CCC(=O)OC(=O)CC.[Ca+2]. The maximum absolute atomic E-state index is 10.3. The van der Waals surface area contributed by atoms with E-state index in [0.29, 0.717) is 0 Å². The third kappa shape index (κ3) is 17.5. The second kappa shape index (κ2) is 15.6. The predicted octanol–water partition coefficient (Wildman–Crippen LogP) is 1.37. The van der Waals surface area contributed by atoms with E-state index in [9.17, 15) is 19.2 Å². The standard InChI is InChI=1S/2C6H10O3.Ca/c2*1-3-5(7)9-6(8)4-2;/h2*3-4H2,1-2H3;/q;;+2. The molecule has 0 unspecified atom stereocenters. The van der Waals surface area contributed by atoms with E-state index in [2.05, 4.69) is 9.47 Å². The molecule has 0 aliphatic carbocycles. The summed E-state index contributed by atoms with van der Waals surface area (Å²) in [7, 11) is 0. The molecule has 7 heteroatoms. The van der Waals surface area contributed by atoms with E-state index in [0.717, 1.165) is 0 Å². The summed E-state index contributed by atoms with van der Waals surface area (Å²) < 4.78 is 8.54. The zero-order chi connectivity index (χ0) is 14.6. The molecular weight excluding hydrogens is 280 g/mol. The van der Waals surface area contributed by atoms with Gasteiger partial charge >= 0.3 is 61.6 Å². The first-order valence-corrected chi connectivity index (χ1v) is 5.88. The van der Waals surface area contributed by atoms with Crippen molar-refractivity contribution in [1.29, 1.82) is 0 Å². The van der Waals surface area contributed by atoms with Crippen LogP contribution in [0.25, 0.3) is 0 Å². The zero-order valence-corrected chi connectivity index (χ0v) is 14.2. The quantitative estimate of drug-likeness (QED) is 0.443. The number of carbonyl (C=O) groups excluding carboxylic acids is 4. The largest absolute Gasteiger partial charge is 2.00 e. The second-order valence-electron chi connectivity index (χ2n) is 3.11. The monoisotopic (exact) mass is 300 g/mol. The van der Waals surface area contributed by atoms with Gasteiger partial charge in [-0.3, -0.25) is 19.2 Å². The van der Waals surface area contributed by atoms with Crippen molar-refractivity contribution in [2.45, 2.75) is 53.4 Å². The van der Waals surface area contributed by atoms with Gasteiger partial charge in [-0.2, -0.15) is 0 Å². The van der Waals surface area contributed by atoms with Crippen LogP contribution in [0.1, 0.15) is 53.4 Å². The summed E-state index contributed by atoms with van der Waals surface area (Å²) in [6, 6.07) is 0. The Balaban J connectivity index is -0.000000256. The van der Waals surface area contributed by atoms with Crippen molar-refractivity contribution in [2.75, 3.05) is 0 Å². The molecule has 0 aliphatic rings. The normalized spacial score (nSPS) is 8.21. The molecule has 0 aromatic heterocycles. The minimum Gasteiger partial charge on any atom is -0.393 e. The van der Waals surface area contributed by atoms with Crippen LogP contribution >= 0.6 is 0 Å². The van der Waals surface area contributed by atoms with Gasteiger partial charge in [-0.15, -0.1) is 0 Å². The van der Waals surface area contributed by atoms with E-state index in [1.54, 1.807) is 27.7 Å². The Kier molecular flexibility index (Phi) is 19.4. The molecule has 0 amide bonds. The minimum atomic E-state index is -0.457. The van der Waals surface area contributed by atoms with E-state index in [1.807, 2.05) is 0 Å². The van der Waals surface area contributed by atoms with Crippen molar-refractivity contribution in [1.82, 2.24) is 0 Å². The summed E-state index contributed by atoms with van der Waals surface area (Å²) in [6.07, 6.45) is 1.02. The predicted molar refractivity (Wildman–Crippen MR) is 69.1 cm³/mol. The molecule has 0 atom stereocenters. The summed E-state index contributed by atoms with van der Waals surface area (Å²) in [5.41, 5.74) is 0. The number of ether oxygens (including phenoxy) is 2. The molecule has 0 rings (SSSR count). The molecule has 0 saturated heterocycles. The first-order chi connectivity index (χ1) is 8.40. The first kappa shape index (κ1) is 23.6. The maximum atomic E-state index is 10.3. The molecule has 0 saturated carbocycles. The van der Waals surface area contributed by atoms with E-state index >= 15 is 0 Å². The van der Waals surface area contributed by atoms with Crippen LogP contribution in [0.15, 0.2) is 0 Å². The van der Waals surface area contributed by atoms with Crippen molar-refractivity contribution < 1.29 is 28.7 Å². The Labute approximate surface area is 143 Å². The summed E-state index contributed by atoms with van der Waals surface area (Å²) in [5, 5.41) is 0. The molecular formula is C12H20CaO6+2. The molecule has 19 heavy (non-hydrogen) atoms. The van der Waals surface area contributed by atoms with Gasteiger partial charge in [0, 0.05) is 25.7 Å². The van der Waals surface area contributed by atoms with Crippen LogP contribution in [0.2, 0.25) is 0 Å². The van der Waals surface area contributed by atoms with Gasteiger partial charge in [0.15, 0.2) is 0 Å². The first-order valence-electron chi connectivity index (χ1n) is 5.88. The smallest absolute Gasteiger partial charge is 0.393 e. The molecule has 0 spiro atoms. The van der Waals surface area contributed by atoms with Crippen molar-refractivity contribution >= 4 is 61.6 Å². The molecule has 0 heterocycles.